The number of azide groups is 1. The molecule has 2 fully saturated rings. The first-order valence-electron chi connectivity index (χ1n) is 7.49. The molecule has 1 N–H and O–H groups in total. The molecular weight excluding hydrogens is 318 g/mol. The third kappa shape index (κ3) is 3.18. The highest BCUT2D eigenvalue weighted by atomic mass is 16.7. The zero-order valence-electron chi connectivity index (χ0n) is 13.3. The normalized spacial score (nSPS) is 35.6. The Labute approximate surface area is 138 Å². The van der Waals surface area contributed by atoms with Crippen LogP contribution in [0.1, 0.15) is 11.9 Å². The van der Waals surface area contributed by atoms with Gasteiger partial charge in [0.25, 0.3) is 0 Å². The van der Waals surface area contributed by atoms with Gasteiger partial charge < -0.3 is 28.8 Å². The number of aliphatic hydroxyl groups is 1. The Kier molecular flexibility index (Phi) is 5.20. The number of ether oxygens (including phenoxy) is 5. The quantitative estimate of drug-likeness (QED) is 0.506. The Morgan fingerprint density at radius 2 is 2.00 bits per heavy atom. The summed E-state index contributed by atoms with van der Waals surface area (Å²) < 4.78 is 27.5. The van der Waals surface area contributed by atoms with E-state index >= 15 is 0 Å². The van der Waals surface area contributed by atoms with Crippen molar-refractivity contribution in [3.05, 3.63) is 40.3 Å². The van der Waals surface area contributed by atoms with E-state index in [9.17, 15) is 5.11 Å². The Morgan fingerprint density at radius 1 is 1.25 bits per heavy atom. The van der Waals surface area contributed by atoms with Gasteiger partial charge in [0.1, 0.15) is 24.0 Å². The summed E-state index contributed by atoms with van der Waals surface area (Å²) in [6.45, 7) is 0.223. The average molecular weight is 337 g/mol. The summed E-state index contributed by atoms with van der Waals surface area (Å²) in [6, 6.07) is 6.35. The largest absolute Gasteiger partial charge is 0.497 e. The third-order valence-corrected chi connectivity index (χ3v) is 4.14. The SMILES string of the molecule is COc1ccc([C@H]2OC[C@H]3O[C@H](OC)[C@H](N=[N+]=[N-])[C@@H](O)[C@H]3O2)cc1. The van der Waals surface area contributed by atoms with Crippen LogP contribution >= 0.6 is 0 Å². The van der Waals surface area contributed by atoms with E-state index in [2.05, 4.69) is 10.0 Å². The smallest absolute Gasteiger partial charge is 0.184 e. The fraction of sp³-hybridized carbons (Fsp3) is 0.600. The van der Waals surface area contributed by atoms with Gasteiger partial charge in [-0.05, 0) is 17.7 Å². The van der Waals surface area contributed by atoms with Crippen LogP contribution in [0.25, 0.3) is 10.4 Å². The molecule has 24 heavy (non-hydrogen) atoms. The highest BCUT2D eigenvalue weighted by molar-refractivity contribution is 5.28. The maximum Gasteiger partial charge on any atom is 0.184 e. The van der Waals surface area contributed by atoms with Gasteiger partial charge in [-0.15, -0.1) is 0 Å². The minimum Gasteiger partial charge on any atom is -0.497 e. The molecule has 9 heteroatoms. The second-order valence-corrected chi connectivity index (χ2v) is 5.50. The first kappa shape index (κ1) is 17.0. The molecule has 2 heterocycles. The van der Waals surface area contributed by atoms with Crippen molar-refractivity contribution >= 4 is 0 Å². The molecule has 1 aromatic carbocycles. The molecule has 6 atom stereocenters. The minimum atomic E-state index is -1.06. The highest BCUT2D eigenvalue weighted by Crippen LogP contribution is 2.35. The van der Waals surface area contributed by atoms with Gasteiger partial charge in [-0.25, -0.2) is 0 Å². The van der Waals surface area contributed by atoms with Gasteiger partial charge in [-0.3, -0.25) is 0 Å². The zero-order valence-corrected chi connectivity index (χ0v) is 13.3. The molecule has 9 nitrogen and oxygen atoms in total. The molecule has 2 aliphatic rings. The number of hydrogen-bond acceptors (Lipinski definition) is 7. The van der Waals surface area contributed by atoms with Crippen LogP contribution < -0.4 is 4.74 Å². The van der Waals surface area contributed by atoms with Crippen LogP contribution in [0, 0.1) is 0 Å². The summed E-state index contributed by atoms with van der Waals surface area (Å²) in [5.41, 5.74) is 9.47. The molecule has 2 aliphatic heterocycles. The van der Waals surface area contributed by atoms with Crippen molar-refractivity contribution in [2.45, 2.75) is 36.9 Å². The van der Waals surface area contributed by atoms with Gasteiger partial charge in [-0.2, -0.15) is 0 Å². The first-order chi connectivity index (χ1) is 11.7. The predicted octanol–water partition coefficient (Wildman–Crippen LogP) is 1.52. The molecule has 3 rings (SSSR count). The second-order valence-electron chi connectivity index (χ2n) is 5.50. The second kappa shape index (κ2) is 7.35. The number of benzene rings is 1. The molecule has 130 valence electrons. The lowest BCUT2D eigenvalue weighted by Gasteiger charge is -2.46. The van der Waals surface area contributed by atoms with E-state index in [1.165, 1.54) is 7.11 Å². The maximum atomic E-state index is 10.5. The van der Waals surface area contributed by atoms with Crippen LogP contribution in [-0.4, -0.2) is 56.6 Å². The summed E-state index contributed by atoms with van der Waals surface area (Å²) >= 11 is 0. The van der Waals surface area contributed by atoms with Gasteiger partial charge in [0.15, 0.2) is 12.6 Å². The summed E-state index contributed by atoms with van der Waals surface area (Å²) in [5, 5.41) is 14.1. The molecule has 0 spiro atoms. The van der Waals surface area contributed by atoms with E-state index in [-0.39, 0.29) is 6.61 Å². The molecule has 0 radical (unpaired) electrons. The van der Waals surface area contributed by atoms with Gasteiger partial charge in [0.2, 0.25) is 0 Å². The molecular formula is C15H19N3O6. The fourth-order valence-corrected chi connectivity index (χ4v) is 2.89. The van der Waals surface area contributed by atoms with E-state index in [0.717, 1.165) is 11.3 Å². The molecule has 0 aliphatic carbocycles. The molecule has 0 amide bonds. The topological polar surface area (TPSA) is 115 Å². The lowest BCUT2D eigenvalue weighted by molar-refractivity contribution is -0.338. The van der Waals surface area contributed by atoms with Crippen molar-refractivity contribution in [1.82, 2.24) is 0 Å². The van der Waals surface area contributed by atoms with E-state index in [0.29, 0.717) is 0 Å². The molecule has 0 aromatic heterocycles. The molecule has 1 aromatic rings. The summed E-state index contributed by atoms with van der Waals surface area (Å²) in [5.74, 6) is 0.722. The van der Waals surface area contributed by atoms with Crippen molar-refractivity contribution in [1.29, 1.82) is 0 Å². The van der Waals surface area contributed by atoms with E-state index in [1.807, 2.05) is 12.1 Å². The molecule has 0 saturated carbocycles. The fourth-order valence-electron chi connectivity index (χ4n) is 2.89. The van der Waals surface area contributed by atoms with Gasteiger partial charge >= 0.3 is 0 Å². The predicted molar refractivity (Wildman–Crippen MR) is 81.2 cm³/mol. The Hall–Kier alpha value is -1.87. The van der Waals surface area contributed by atoms with Crippen LogP contribution in [0.3, 0.4) is 0 Å². The first-order valence-corrected chi connectivity index (χ1v) is 7.49. The molecule has 0 bridgehead atoms. The van der Waals surface area contributed by atoms with E-state index < -0.39 is 36.9 Å². The van der Waals surface area contributed by atoms with Gasteiger partial charge in [0.05, 0.1) is 19.8 Å². The standard InChI is InChI=1S/C15H19N3O6/c1-20-9-5-3-8(4-6-9)14-22-7-10-13(24-14)12(19)11(17-18-16)15(21-2)23-10/h3-6,10-15,19H,7H2,1-2H3/t10-,11-,12-,13+,14+,15+/m1/s1. The van der Waals surface area contributed by atoms with Crippen LogP contribution in [0.15, 0.2) is 29.4 Å². The van der Waals surface area contributed by atoms with Crippen molar-refractivity contribution in [3.63, 3.8) is 0 Å². The lowest BCUT2D eigenvalue weighted by atomic mass is 9.96. The van der Waals surface area contributed by atoms with Crippen LogP contribution in [0.4, 0.5) is 0 Å². The Morgan fingerprint density at radius 3 is 2.62 bits per heavy atom. The Bertz CT molecular complexity index is 606. The maximum absolute atomic E-state index is 10.5. The summed E-state index contributed by atoms with van der Waals surface area (Å²) in [7, 11) is 3.01. The monoisotopic (exact) mass is 337 g/mol. The number of fused-ring (bicyclic) bond motifs is 1. The third-order valence-electron chi connectivity index (χ3n) is 4.14. The molecule has 0 unspecified atom stereocenters. The van der Waals surface area contributed by atoms with Crippen molar-refractivity contribution < 1.29 is 28.8 Å². The average Bonchev–Trinajstić information content (AvgIpc) is 2.63. The van der Waals surface area contributed by atoms with Crippen molar-refractivity contribution in [2.24, 2.45) is 5.11 Å². The van der Waals surface area contributed by atoms with Crippen LogP contribution in [0.5, 0.6) is 5.75 Å². The van der Waals surface area contributed by atoms with Crippen LogP contribution in [-0.2, 0) is 18.9 Å². The summed E-state index contributed by atoms with van der Waals surface area (Å²) in [6.07, 6.45) is -3.75. The number of hydrogen-bond donors (Lipinski definition) is 1. The molecule has 2 saturated heterocycles. The van der Waals surface area contributed by atoms with Crippen molar-refractivity contribution in [2.75, 3.05) is 20.8 Å². The number of methoxy groups -OCH3 is 2. The zero-order chi connectivity index (χ0) is 17.1. The van der Waals surface area contributed by atoms with E-state index in [4.69, 9.17) is 29.2 Å². The number of rotatable bonds is 4. The highest BCUT2D eigenvalue weighted by Gasteiger charge is 2.49. The summed E-state index contributed by atoms with van der Waals surface area (Å²) in [4.78, 5) is 2.75. The lowest BCUT2D eigenvalue weighted by Crippen LogP contribution is -2.61. The van der Waals surface area contributed by atoms with Gasteiger partial charge in [0, 0.05) is 17.6 Å². The van der Waals surface area contributed by atoms with E-state index in [1.54, 1.807) is 19.2 Å². The van der Waals surface area contributed by atoms with Crippen molar-refractivity contribution in [3.8, 4) is 5.75 Å². The van der Waals surface area contributed by atoms with Gasteiger partial charge in [-0.1, -0.05) is 17.2 Å². The minimum absolute atomic E-state index is 0.223. The number of nitrogens with zero attached hydrogens (tertiary/aromatic N) is 3. The van der Waals surface area contributed by atoms with Crippen LogP contribution in [0.2, 0.25) is 0 Å². The Balaban J connectivity index is 1.76. The number of aliphatic hydroxyl groups excluding tert-OH is 1.